The molecule has 0 bridgehead atoms. The topological polar surface area (TPSA) is 89.2 Å². The van der Waals surface area contributed by atoms with E-state index in [1.807, 2.05) is 27.7 Å². The summed E-state index contributed by atoms with van der Waals surface area (Å²) in [5, 5.41) is 20.7. The van der Waals surface area contributed by atoms with Crippen molar-refractivity contribution in [3.8, 4) is 12.1 Å². The van der Waals surface area contributed by atoms with Gasteiger partial charge >= 0.3 is 6.09 Å². The minimum atomic E-state index is -0.483. The van der Waals surface area contributed by atoms with Gasteiger partial charge in [-0.15, -0.1) is 0 Å². The third kappa shape index (κ3) is 7.66. The molecule has 1 heterocycles. The molecule has 0 unspecified atom stereocenters. The average Bonchev–Trinajstić information content (AvgIpc) is 2.50. The van der Waals surface area contributed by atoms with Crippen molar-refractivity contribution >= 4 is 6.09 Å². The predicted molar refractivity (Wildman–Crippen MR) is 91.9 cm³/mol. The van der Waals surface area contributed by atoms with Gasteiger partial charge in [0.15, 0.2) is 0 Å². The molecule has 1 amide bonds. The Labute approximate surface area is 145 Å². The van der Waals surface area contributed by atoms with Crippen molar-refractivity contribution in [1.82, 2.24) is 10.2 Å². The Balaban J connectivity index is 2.35. The molecule has 1 N–H and O–H groups in total. The first kappa shape index (κ1) is 20.3. The highest BCUT2D eigenvalue weighted by Crippen LogP contribution is 2.22. The quantitative estimate of drug-likeness (QED) is 0.806. The van der Waals surface area contributed by atoms with Crippen LogP contribution in [0, 0.1) is 34.5 Å². The number of likely N-dealkylation sites (tertiary alicyclic amines) is 1. The molecule has 0 aliphatic carbocycles. The zero-order valence-corrected chi connectivity index (χ0v) is 15.3. The van der Waals surface area contributed by atoms with Crippen LogP contribution in [-0.2, 0) is 4.74 Å². The zero-order chi connectivity index (χ0) is 18.2. The molecule has 0 aromatic heterocycles. The number of ether oxygens (including phenoxy) is 1. The Morgan fingerprint density at radius 1 is 1.33 bits per heavy atom. The van der Waals surface area contributed by atoms with Crippen molar-refractivity contribution in [2.75, 3.05) is 19.6 Å². The van der Waals surface area contributed by atoms with E-state index in [0.29, 0.717) is 18.8 Å². The van der Waals surface area contributed by atoms with Crippen molar-refractivity contribution in [3.63, 3.8) is 0 Å². The maximum absolute atomic E-state index is 11.9. The lowest BCUT2D eigenvalue weighted by Crippen LogP contribution is -2.46. The van der Waals surface area contributed by atoms with E-state index < -0.39 is 5.60 Å². The number of nitriles is 2. The number of hydrogen-bond donors (Lipinski definition) is 1. The number of hydrogen-bond acceptors (Lipinski definition) is 5. The van der Waals surface area contributed by atoms with Gasteiger partial charge in [0, 0.05) is 19.0 Å². The molecular formula is C18H30N4O2. The lowest BCUT2D eigenvalue weighted by atomic mass is 9.90. The molecule has 24 heavy (non-hydrogen) atoms. The van der Waals surface area contributed by atoms with Crippen LogP contribution in [0.25, 0.3) is 0 Å². The van der Waals surface area contributed by atoms with Gasteiger partial charge in [-0.1, -0.05) is 0 Å². The molecule has 0 saturated carbocycles. The molecule has 2 atom stereocenters. The second-order valence-corrected chi connectivity index (χ2v) is 7.60. The minimum absolute atomic E-state index is 0.0708. The highest BCUT2D eigenvalue weighted by Gasteiger charge is 2.27. The molecular weight excluding hydrogens is 304 g/mol. The van der Waals surface area contributed by atoms with Gasteiger partial charge < -0.3 is 15.0 Å². The number of alkyl carbamates (subject to hydrolysis) is 1. The highest BCUT2D eigenvalue weighted by atomic mass is 16.6. The fourth-order valence-corrected chi connectivity index (χ4v) is 2.99. The fraction of sp³-hybridized carbons (Fsp3) is 0.833. The standard InChI is InChI=1S/C18H30N4O2/c1-14(21-17(23)24-18(2,3)4)16-7-10-22(11-8-16)13-15(12-20)6-5-9-19/h14-16H,5-8,10-11,13H2,1-4H3,(H,21,23)/t14-,15-/m1/s1. The molecule has 1 fully saturated rings. The van der Waals surface area contributed by atoms with Crippen molar-refractivity contribution < 1.29 is 9.53 Å². The van der Waals surface area contributed by atoms with E-state index in [9.17, 15) is 4.79 Å². The summed E-state index contributed by atoms with van der Waals surface area (Å²) in [5.41, 5.74) is -0.483. The van der Waals surface area contributed by atoms with Crippen LogP contribution in [0.4, 0.5) is 4.79 Å². The van der Waals surface area contributed by atoms with Crippen LogP contribution in [0.1, 0.15) is 53.4 Å². The first-order chi connectivity index (χ1) is 11.2. The minimum Gasteiger partial charge on any atom is -0.444 e. The zero-order valence-electron chi connectivity index (χ0n) is 15.3. The lowest BCUT2D eigenvalue weighted by molar-refractivity contribution is 0.0472. The van der Waals surface area contributed by atoms with Gasteiger partial charge in [0.05, 0.1) is 18.1 Å². The molecule has 1 rings (SSSR count). The molecule has 6 heteroatoms. The van der Waals surface area contributed by atoms with E-state index in [1.165, 1.54) is 0 Å². The normalized spacial score (nSPS) is 18.9. The summed E-state index contributed by atoms with van der Waals surface area (Å²) in [6.07, 6.45) is 2.70. The Morgan fingerprint density at radius 3 is 2.46 bits per heavy atom. The maximum atomic E-state index is 11.9. The van der Waals surface area contributed by atoms with Gasteiger partial charge in [-0.05, 0) is 66.0 Å². The molecule has 1 aliphatic heterocycles. The fourth-order valence-electron chi connectivity index (χ4n) is 2.99. The van der Waals surface area contributed by atoms with Crippen molar-refractivity contribution in [2.24, 2.45) is 11.8 Å². The van der Waals surface area contributed by atoms with E-state index in [1.54, 1.807) is 0 Å². The van der Waals surface area contributed by atoms with Crippen LogP contribution < -0.4 is 5.32 Å². The van der Waals surface area contributed by atoms with E-state index in [-0.39, 0.29) is 18.1 Å². The summed E-state index contributed by atoms with van der Waals surface area (Å²) in [4.78, 5) is 14.1. The molecule has 0 spiro atoms. The van der Waals surface area contributed by atoms with Crippen molar-refractivity contribution in [3.05, 3.63) is 0 Å². The summed E-state index contributed by atoms with van der Waals surface area (Å²) in [6, 6.07) is 4.48. The van der Waals surface area contributed by atoms with E-state index in [2.05, 4.69) is 22.4 Å². The Morgan fingerprint density at radius 2 is 1.96 bits per heavy atom. The number of nitrogens with one attached hydrogen (secondary N) is 1. The molecule has 1 aliphatic rings. The van der Waals surface area contributed by atoms with E-state index in [0.717, 1.165) is 32.5 Å². The van der Waals surface area contributed by atoms with Crippen LogP contribution in [0.5, 0.6) is 0 Å². The third-order valence-electron chi connectivity index (χ3n) is 4.35. The average molecular weight is 334 g/mol. The largest absolute Gasteiger partial charge is 0.444 e. The van der Waals surface area contributed by atoms with Gasteiger partial charge in [-0.2, -0.15) is 10.5 Å². The lowest BCUT2D eigenvalue weighted by Gasteiger charge is -2.36. The summed E-state index contributed by atoms with van der Waals surface area (Å²) >= 11 is 0. The number of piperidine rings is 1. The van der Waals surface area contributed by atoms with E-state index >= 15 is 0 Å². The van der Waals surface area contributed by atoms with Gasteiger partial charge in [-0.25, -0.2) is 4.79 Å². The number of rotatable bonds is 6. The second kappa shape index (κ2) is 9.49. The molecule has 6 nitrogen and oxygen atoms in total. The Kier molecular flexibility index (Phi) is 8.01. The molecule has 0 radical (unpaired) electrons. The van der Waals surface area contributed by atoms with Gasteiger partial charge in [0.1, 0.15) is 5.60 Å². The first-order valence-corrected chi connectivity index (χ1v) is 8.73. The number of amides is 1. The van der Waals surface area contributed by atoms with Crippen molar-refractivity contribution in [2.45, 2.75) is 65.0 Å². The SMILES string of the molecule is C[C@@H](NC(=O)OC(C)(C)C)C1CCN(C[C@@H](C#N)CCC#N)CC1. The Bertz CT molecular complexity index is 479. The van der Waals surface area contributed by atoms with E-state index in [4.69, 9.17) is 15.3 Å². The van der Waals surface area contributed by atoms with Crippen LogP contribution in [-0.4, -0.2) is 42.3 Å². The summed E-state index contributed by atoms with van der Waals surface area (Å²) < 4.78 is 5.30. The Hall–Kier alpha value is -1.79. The predicted octanol–water partition coefficient (Wildman–Crippen LogP) is 3.06. The molecule has 0 aromatic rings. The number of nitrogens with zero attached hydrogens (tertiary/aromatic N) is 3. The summed E-state index contributed by atoms with van der Waals surface area (Å²) in [6.45, 7) is 10.2. The number of carbonyl (C=O) groups excluding carboxylic acids is 1. The van der Waals surface area contributed by atoms with Gasteiger partial charge in [0.25, 0.3) is 0 Å². The third-order valence-corrected chi connectivity index (χ3v) is 4.35. The van der Waals surface area contributed by atoms with Gasteiger partial charge in [-0.3, -0.25) is 0 Å². The molecule has 0 aromatic carbocycles. The maximum Gasteiger partial charge on any atom is 0.407 e. The monoisotopic (exact) mass is 334 g/mol. The van der Waals surface area contributed by atoms with Crippen LogP contribution >= 0.6 is 0 Å². The smallest absolute Gasteiger partial charge is 0.407 e. The van der Waals surface area contributed by atoms with Crippen LogP contribution in [0.2, 0.25) is 0 Å². The van der Waals surface area contributed by atoms with Crippen LogP contribution in [0.3, 0.4) is 0 Å². The van der Waals surface area contributed by atoms with Gasteiger partial charge in [0.2, 0.25) is 0 Å². The van der Waals surface area contributed by atoms with Crippen LogP contribution in [0.15, 0.2) is 0 Å². The second-order valence-electron chi connectivity index (χ2n) is 7.60. The first-order valence-electron chi connectivity index (χ1n) is 8.73. The molecule has 134 valence electrons. The summed E-state index contributed by atoms with van der Waals surface area (Å²) in [7, 11) is 0. The number of carbonyl (C=O) groups is 1. The van der Waals surface area contributed by atoms with Crippen molar-refractivity contribution in [1.29, 1.82) is 10.5 Å². The molecule has 1 saturated heterocycles. The summed E-state index contributed by atoms with van der Waals surface area (Å²) in [5.74, 6) is 0.354. The highest BCUT2D eigenvalue weighted by molar-refractivity contribution is 5.68.